The minimum absolute atomic E-state index is 0.131. The van der Waals surface area contributed by atoms with Crippen LogP contribution < -0.4 is 0 Å². The Morgan fingerprint density at radius 1 is 0.706 bits per heavy atom. The number of halogens is 2. The number of hydrogen-bond donors (Lipinski definition) is 0. The Labute approximate surface area is 99.9 Å². The summed E-state index contributed by atoms with van der Waals surface area (Å²) in [7, 11) is 0. The molecular formula is C15H14F2. The van der Waals surface area contributed by atoms with E-state index >= 15 is 0 Å². The van der Waals surface area contributed by atoms with Gasteiger partial charge in [-0.05, 0) is 11.1 Å². The molecule has 0 nitrogen and oxygen atoms in total. The molecular weight excluding hydrogens is 218 g/mol. The van der Waals surface area contributed by atoms with E-state index in [-0.39, 0.29) is 12.3 Å². The third-order valence-corrected chi connectivity index (χ3v) is 2.82. The van der Waals surface area contributed by atoms with E-state index in [1.807, 2.05) is 60.7 Å². The summed E-state index contributed by atoms with van der Waals surface area (Å²) in [4.78, 5) is 0. The normalized spacial score (nSPS) is 11.1. The Balaban J connectivity index is 2.32. The summed E-state index contributed by atoms with van der Waals surface area (Å²) in [5.41, 5.74) is 1.89. The van der Waals surface area contributed by atoms with Gasteiger partial charge in [0.25, 0.3) is 0 Å². The van der Waals surface area contributed by atoms with Crippen LogP contribution in [0.5, 0.6) is 0 Å². The topological polar surface area (TPSA) is 0 Å². The molecule has 0 heterocycles. The zero-order valence-electron chi connectivity index (χ0n) is 9.39. The van der Waals surface area contributed by atoms with Crippen molar-refractivity contribution >= 4 is 0 Å². The highest BCUT2D eigenvalue weighted by molar-refractivity contribution is 5.32. The van der Waals surface area contributed by atoms with Crippen molar-refractivity contribution in [2.24, 2.45) is 0 Å². The summed E-state index contributed by atoms with van der Waals surface area (Å²) in [5, 5.41) is 0. The first-order valence-electron chi connectivity index (χ1n) is 5.65. The van der Waals surface area contributed by atoms with Crippen LogP contribution >= 0.6 is 0 Å². The fourth-order valence-corrected chi connectivity index (χ4v) is 2.01. The van der Waals surface area contributed by atoms with Crippen LogP contribution in [0.3, 0.4) is 0 Å². The molecule has 0 amide bonds. The lowest BCUT2D eigenvalue weighted by atomic mass is 9.89. The van der Waals surface area contributed by atoms with Gasteiger partial charge in [-0.25, -0.2) is 8.78 Å². The van der Waals surface area contributed by atoms with E-state index in [2.05, 4.69) is 0 Å². The molecule has 0 atom stereocenters. The van der Waals surface area contributed by atoms with Crippen LogP contribution in [0.25, 0.3) is 0 Å². The maximum atomic E-state index is 12.7. The summed E-state index contributed by atoms with van der Waals surface area (Å²) < 4.78 is 25.3. The third kappa shape index (κ3) is 3.13. The standard InChI is InChI=1S/C15H14F2/c16-15(17)11-14(12-7-3-1-4-8-12)13-9-5-2-6-10-13/h1-10,14-15H,11H2. The van der Waals surface area contributed by atoms with E-state index < -0.39 is 6.43 Å². The van der Waals surface area contributed by atoms with E-state index in [0.717, 1.165) is 11.1 Å². The molecule has 0 aliphatic heterocycles. The van der Waals surface area contributed by atoms with Crippen molar-refractivity contribution in [2.45, 2.75) is 18.8 Å². The van der Waals surface area contributed by atoms with Crippen molar-refractivity contribution in [3.8, 4) is 0 Å². The van der Waals surface area contributed by atoms with Gasteiger partial charge in [-0.3, -0.25) is 0 Å². The van der Waals surface area contributed by atoms with Gasteiger partial charge in [-0.1, -0.05) is 60.7 Å². The minimum Gasteiger partial charge on any atom is -0.211 e. The Hall–Kier alpha value is -1.70. The van der Waals surface area contributed by atoms with Gasteiger partial charge in [-0.2, -0.15) is 0 Å². The number of benzene rings is 2. The predicted molar refractivity (Wildman–Crippen MR) is 65.3 cm³/mol. The molecule has 0 radical (unpaired) electrons. The fraction of sp³-hybridized carbons (Fsp3) is 0.200. The molecule has 17 heavy (non-hydrogen) atoms. The van der Waals surface area contributed by atoms with Crippen molar-refractivity contribution in [3.63, 3.8) is 0 Å². The van der Waals surface area contributed by atoms with Crippen molar-refractivity contribution < 1.29 is 8.78 Å². The number of alkyl halides is 2. The molecule has 0 aromatic heterocycles. The van der Waals surface area contributed by atoms with E-state index in [1.54, 1.807) is 0 Å². The maximum Gasteiger partial charge on any atom is 0.239 e. The summed E-state index contributed by atoms with van der Waals surface area (Å²) in [6.07, 6.45) is -2.42. The molecule has 2 rings (SSSR count). The predicted octanol–water partition coefficient (Wildman–Crippen LogP) is 4.47. The van der Waals surface area contributed by atoms with Gasteiger partial charge in [0.05, 0.1) is 0 Å². The Morgan fingerprint density at radius 3 is 1.47 bits per heavy atom. The summed E-state index contributed by atoms with van der Waals surface area (Å²) in [6.45, 7) is 0. The van der Waals surface area contributed by atoms with Gasteiger partial charge in [0, 0.05) is 12.3 Å². The Morgan fingerprint density at radius 2 is 1.12 bits per heavy atom. The van der Waals surface area contributed by atoms with Crippen LogP contribution in [0.1, 0.15) is 23.5 Å². The van der Waals surface area contributed by atoms with Crippen LogP contribution in [0, 0.1) is 0 Å². The van der Waals surface area contributed by atoms with Crippen molar-refractivity contribution in [1.82, 2.24) is 0 Å². The van der Waals surface area contributed by atoms with Gasteiger partial charge < -0.3 is 0 Å². The van der Waals surface area contributed by atoms with E-state index in [4.69, 9.17) is 0 Å². The highest BCUT2D eigenvalue weighted by atomic mass is 19.3. The van der Waals surface area contributed by atoms with E-state index in [9.17, 15) is 8.78 Å². The minimum atomic E-state index is -2.29. The quantitative estimate of drug-likeness (QED) is 0.729. The van der Waals surface area contributed by atoms with Crippen molar-refractivity contribution in [1.29, 1.82) is 0 Å². The third-order valence-electron chi connectivity index (χ3n) is 2.82. The van der Waals surface area contributed by atoms with Gasteiger partial charge in [0.1, 0.15) is 0 Å². The number of hydrogen-bond acceptors (Lipinski definition) is 0. The van der Waals surface area contributed by atoms with Crippen LogP contribution in [0.15, 0.2) is 60.7 Å². The molecule has 0 aliphatic carbocycles. The van der Waals surface area contributed by atoms with Gasteiger partial charge in [0.15, 0.2) is 0 Å². The van der Waals surface area contributed by atoms with E-state index in [1.165, 1.54) is 0 Å². The van der Waals surface area contributed by atoms with Crippen LogP contribution in [0.4, 0.5) is 8.78 Å². The monoisotopic (exact) mass is 232 g/mol. The van der Waals surface area contributed by atoms with Crippen LogP contribution in [-0.2, 0) is 0 Å². The van der Waals surface area contributed by atoms with Crippen LogP contribution in [0.2, 0.25) is 0 Å². The highest BCUT2D eigenvalue weighted by Gasteiger charge is 2.18. The maximum absolute atomic E-state index is 12.7. The first-order valence-corrected chi connectivity index (χ1v) is 5.65. The molecule has 2 aromatic carbocycles. The molecule has 0 aliphatic rings. The lowest BCUT2D eigenvalue weighted by Crippen LogP contribution is -2.06. The Bertz CT molecular complexity index is 397. The second-order valence-electron chi connectivity index (χ2n) is 4.00. The lowest BCUT2D eigenvalue weighted by molar-refractivity contribution is 0.132. The molecule has 2 heteroatoms. The van der Waals surface area contributed by atoms with Crippen molar-refractivity contribution in [2.75, 3.05) is 0 Å². The summed E-state index contributed by atoms with van der Waals surface area (Å²) in [6, 6.07) is 18.9. The molecule has 88 valence electrons. The van der Waals surface area contributed by atoms with E-state index in [0.29, 0.717) is 0 Å². The second-order valence-corrected chi connectivity index (χ2v) is 4.00. The molecule has 2 aromatic rings. The second kappa shape index (κ2) is 5.58. The summed E-state index contributed by atoms with van der Waals surface area (Å²) >= 11 is 0. The smallest absolute Gasteiger partial charge is 0.211 e. The van der Waals surface area contributed by atoms with Gasteiger partial charge in [0.2, 0.25) is 6.43 Å². The first kappa shape index (κ1) is 11.8. The largest absolute Gasteiger partial charge is 0.239 e. The molecule has 0 bridgehead atoms. The molecule has 0 fully saturated rings. The van der Waals surface area contributed by atoms with Crippen molar-refractivity contribution in [3.05, 3.63) is 71.8 Å². The molecule has 0 saturated carbocycles. The average Bonchev–Trinajstić information content (AvgIpc) is 2.38. The first-order chi connectivity index (χ1) is 8.27. The lowest BCUT2D eigenvalue weighted by Gasteiger charge is -2.17. The molecule has 0 unspecified atom stereocenters. The molecule has 0 saturated heterocycles. The van der Waals surface area contributed by atoms with Crippen LogP contribution in [-0.4, -0.2) is 6.43 Å². The SMILES string of the molecule is FC(F)CC(c1ccccc1)c1ccccc1. The highest BCUT2D eigenvalue weighted by Crippen LogP contribution is 2.30. The summed E-state index contributed by atoms with van der Waals surface area (Å²) in [5.74, 6) is -0.225. The van der Waals surface area contributed by atoms with Gasteiger partial charge in [-0.15, -0.1) is 0 Å². The molecule has 0 N–H and O–H groups in total. The zero-order valence-corrected chi connectivity index (χ0v) is 9.39. The fourth-order valence-electron chi connectivity index (χ4n) is 2.01. The number of rotatable bonds is 4. The average molecular weight is 232 g/mol. The van der Waals surface area contributed by atoms with Gasteiger partial charge >= 0.3 is 0 Å². The molecule has 0 spiro atoms. The zero-order chi connectivity index (χ0) is 12.1. The Kier molecular flexibility index (Phi) is 3.86.